The molecule has 2 amide bonds. The maximum absolute atomic E-state index is 12.6. The largest absolute Gasteiger partial charge is 0.497 e. The molecular weight excluding hydrogens is 378 g/mol. The normalized spacial score (nSPS) is 18.9. The highest BCUT2D eigenvalue weighted by molar-refractivity contribution is 5.96. The van der Waals surface area contributed by atoms with Crippen molar-refractivity contribution in [2.24, 2.45) is 0 Å². The maximum Gasteiger partial charge on any atom is 0.290 e. The van der Waals surface area contributed by atoms with Crippen LogP contribution in [-0.2, 0) is 20.9 Å². The number of aromatic nitrogens is 1. The molecule has 9 nitrogen and oxygen atoms in total. The predicted octanol–water partition coefficient (Wildman–Crippen LogP) is 1.94. The summed E-state index contributed by atoms with van der Waals surface area (Å²) < 4.78 is 11.0. The number of methoxy groups -OCH3 is 1. The lowest BCUT2D eigenvalue weighted by molar-refractivity contribution is -0.159. The van der Waals surface area contributed by atoms with Crippen molar-refractivity contribution in [1.82, 2.24) is 14.8 Å². The number of carbonyl (C=O) groups is 3. The average Bonchev–Trinajstić information content (AvgIpc) is 3.09. The first-order valence-corrected chi connectivity index (χ1v) is 9.00. The monoisotopic (exact) mass is 403 g/mol. The Morgan fingerprint density at radius 1 is 1.24 bits per heavy atom. The van der Waals surface area contributed by atoms with Crippen LogP contribution in [0.3, 0.4) is 0 Å². The van der Waals surface area contributed by atoms with Gasteiger partial charge in [-0.15, -0.1) is 0 Å². The van der Waals surface area contributed by atoms with E-state index in [9.17, 15) is 9.59 Å². The number of hydrogen-bond donors (Lipinski definition) is 1. The fraction of sp³-hybridized carbons (Fsp3) is 0.400. The first-order chi connectivity index (χ1) is 13.7. The van der Waals surface area contributed by atoms with E-state index in [1.54, 1.807) is 32.9 Å². The molecule has 2 aromatic rings. The number of aryl methyl sites for hydroxylation is 1. The standard InChI is InChI=1S/C19H23N3O4.CH2O2/c1-11-19(24)22(12(2)18(23)21(11)4)10-16-13(3)26-17(20-16)14-7-6-8-15(9-14)25-5;2-1-3/h6-9,11-12H,10H2,1-5H3;1H,(H,2,3)/t11-,12-;/m0./s1. The second-order valence-corrected chi connectivity index (χ2v) is 6.63. The van der Waals surface area contributed by atoms with Crippen molar-refractivity contribution in [1.29, 1.82) is 0 Å². The molecular formula is C20H25N3O6. The smallest absolute Gasteiger partial charge is 0.290 e. The van der Waals surface area contributed by atoms with E-state index in [4.69, 9.17) is 19.1 Å². The third-order valence-electron chi connectivity index (χ3n) is 4.92. The van der Waals surface area contributed by atoms with Gasteiger partial charge in [-0.2, -0.15) is 0 Å². The van der Waals surface area contributed by atoms with Crippen LogP contribution in [0, 0.1) is 6.92 Å². The quantitative estimate of drug-likeness (QED) is 0.776. The SMILES string of the molecule is COc1cccc(-c2nc(CN3C(=O)[C@H](C)N(C)C(=O)[C@@H]3C)c(C)o2)c1.O=CO. The summed E-state index contributed by atoms with van der Waals surface area (Å²) in [6.07, 6.45) is 0. The van der Waals surface area contributed by atoms with Crippen molar-refractivity contribution >= 4 is 18.3 Å². The molecule has 1 fully saturated rings. The van der Waals surface area contributed by atoms with Gasteiger partial charge in [0.25, 0.3) is 6.47 Å². The minimum absolute atomic E-state index is 0.0775. The van der Waals surface area contributed by atoms with Crippen molar-refractivity contribution < 1.29 is 28.6 Å². The van der Waals surface area contributed by atoms with Crippen LogP contribution in [0.2, 0.25) is 0 Å². The third-order valence-corrected chi connectivity index (χ3v) is 4.92. The molecule has 1 aromatic carbocycles. The fourth-order valence-corrected chi connectivity index (χ4v) is 3.05. The summed E-state index contributed by atoms with van der Waals surface area (Å²) in [6.45, 7) is 5.27. The lowest BCUT2D eigenvalue weighted by Gasteiger charge is -2.40. The zero-order valence-electron chi connectivity index (χ0n) is 17.1. The molecule has 1 N–H and O–H groups in total. The van der Waals surface area contributed by atoms with Crippen LogP contribution in [0.5, 0.6) is 5.75 Å². The average molecular weight is 403 g/mol. The molecule has 0 radical (unpaired) electrons. The van der Waals surface area contributed by atoms with Crippen molar-refractivity contribution in [3.8, 4) is 17.2 Å². The molecule has 2 heterocycles. The molecule has 0 spiro atoms. The lowest BCUT2D eigenvalue weighted by atomic mass is 10.1. The highest BCUT2D eigenvalue weighted by Crippen LogP contribution is 2.27. The topological polar surface area (TPSA) is 113 Å². The summed E-state index contributed by atoms with van der Waals surface area (Å²) in [5, 5.41) is 6.89. The first kappa shape index (κ1) is 21.9. The molecule has 0 bridgehead atoms. The van der Waals surface area contributed by atoms with Gasteiger partial charge >= 0.3 is 0 Å². The van der Waals surface area contributed by atoms with Gasteiger partial charge in [-0.3, -0.25) is 14.4 Å². The number of oxazole rings is 1. The van der Waals surface area contributed by atoms with Crippen molar-refractivity contribution in [2.45, 2.75) is 39.4 Å². The van der Waals surface area contributed by atoms with Crippen LogP contribution in [0.4, 0.5) is 0 Å². The van der Waals surface area contributed by atoms with Crippen LogP contribution in [0.25, 0.3) is 11.5 Å². The Morgan fingerprint density at radius 2 is 1.90 bits per heavy atom. The first-order valence-electron chi connectivity index (χ1n) is 9.00. The van der Waals surface area contributed by atoms with Crippen LogP contribution in [0.1, 0.15) is 25.3 Å². The number of likely N-dealkylation sites (N-methyl/N-ethyl adjacent to an activating group) is 1. The number of carboxylic acid groups (broad SMARTS) is 1. The Morgan fingerprint density at radius 3 is 2.52 bits per heavy atom. The molecule has 0 saturated carbocycles. The summed E-state index contributed by atoms with van der Waals surface area (Å²) >= 11 is 0. The molecule has 3 rings (SSSR count). The van der Waals surface area contributed by atoms with Gasteiger partial charge in [0.1, 0.15) is 29.3 Å². The van der Waals surface area contributed by atoms with Crippen LogP contribution >= 0.6 is 0 Å². The van der Waals surface area contributed by atoms with E-state index in [2.05, 4.69) is 4.98 Å². The summed E-state index contributed by atoms with van der Waals surface area (Å²) in [5.74, 6) is 1.63. The van der Waals surface area contributed by atoms with Gasteiger partial charge in [0.2, 0.25) is 17.7 Å². The number of carbonyl (C=O) groups excluding carboxylic acids is 2. The highest BCUT2D eigenvalue weighted by Gasteiger charge is 2.40. The zero-order valence-corrected chi connectivity index (χ0v) is 17.1. The van der Waals surface area contributed by atoms with Gasteiger partial charge in [0.05, 0.1) is 13.7 Å². The predicted molar refractivity (Wildman–Crippen MR) is 104 cm³/mol. The summed E-state index contributed by atoms with van der Waals surface area (Å²) in [5.41, 5.74) is 1.44. The van der Waals surface area contributed by atoms with Gasteiger partial charge in [-0.05, 0) is 39.0 Å². The Balaban J connectivity index is 0.000000941. The zero-order chi connectivity index (χ0) is 21.7. The molecule has 156 valence electrons. The Labute approximate surface area is 168 Å². The maximum atomic E-state index is 12.6. The minimum atomic E-state index is -0.528. The molecule has 0 unspecified atom stereocenters. The van der Waals surface area contributed by atoms with E-state index in [0.717, 1.165) is 5.56 Å². The fourth-order valence-electron chi connectivity index (χ4n) is 3.05. The van der Waals surface area contributed by atoms with E-state index in [-0.39, 0.29) is 24.8 Å². The number of ether oxygens (including phenoxy) is 1. The van der Waals surface area contributed by atoms with E-state index in [1.807, 2.05) is 31.2 Å². The van der Waals surface area contributed by atoms with Gasteiger partial charge in [0, 0.05) is 12.6 Å². The third kappa shape index (κ3) is 4.56. The number of rotatable bonds is 4. The molecule has 2 atom stereocenters. The Bertz CT molecular complexity index is 894. The minimum Gasteiger partial charge on any atom is -0.497 e. The lowest BCUT2D eigenvalue weighted by Crippen LogP contribution is -2.61. The second kappa shape index (κ2) is 9.22. The van der Waals surface area contributed by atoms with Gasteiger partial charge in [-0.1, -0.05) is 6.07 Å². The summed E-state index contributed by atoms with van der Waals surface area (Å²) in [7, 11) is 3.25. The van der Waals surface area contributed by atoms with Crippen molar-refractivity contribution in [2.75, 3.05) is 14.2 Å². The van der Waals surface area contributed by atoms with Crippen LogP contribution < -0.4 is 4.74 Å². The summed E-state index contributed by atoms with van der Waals surface area (Å²) in [4.78, 5) is 40.9. The van der Waals surface area contributed by atoms with Gasteiger partial charge < -0.3 is 24.1 Å². The number of nitrogens with zero attached hydrogens (tertiary/aromatic N) is 3. The Hall–Kier alpha value is -3.36. The molecule has 1 aromatic heterocycles. The van der Waals surface area contributed by atoms with Crippen molar-refractivity contribution in [3.05, 3.63) is 35.7 Å². The highest BCUT2D eigenvalue weighted by atomic mass is 16.5. The van der Waals surface area contributed by atoms with Crippen LogP contribution in [0.15, 0.2) is 28.7 Å². The van der Waals surface area contributed by atoms with E-state index in [1.165, 1.54) is 4.90 Å². The van der Waals surface area contributed by atoms with E-state index >= 15 is 0 Å². The molecule has 1 saturated heterocycles. The number of piperazine rings is 1. The molecule has 1 aliphatic rings. The Kier molecular flexibility index (Phi) is 6.98. The van der Waals surface area contributed by atoms with E-state index in [0.29, 0.717) is 23.1 Å². The van der Waals surface area contributed by atoms with E-state index < -0.39 is 12.1 Å². The second-order valence-electron chi connectivity index (χ2n) is 6.63. The summed E-state index contributed by atoms with van der Waals surface area (Å²) in [6, 6.07) is 6.41. The van der Waals surface area contributed by atoms with Gasteiger partial charge in [-0.25, -0.2) is 4.98 Å². The van der Waals surface area contributed by atoms with Gasteiger partial charge in [0.15, 0.2) is 0 Å². The molecule has 9 heteroatoms. The van der Waals surface area contributed by atoms with Crippen LogP contribution in [-0.4, -0.2) is 64.4 Å². The number of amides is 2. The number of hydrogen-bond acceptors (Lipinski definition) is 6. The number of benzene rings is 1. The molecule has 0 aliphatic carbocycles. The molecule has 1 aliphatic heterocycles. The molecule has 29 heavy (non-hydrogen) atoms. The van der Waals surface area contributed by atoms with Crippen molar-refractivity contribution in [3.63, 3.8) is 0 Å².